The smallest absolute Gasteiger partial charge is 0.341 e. The van der Waals surface area contributed by atoms with E-state index in [0.29, 0.717) is 38.9 Å². The lowest BCUT2D eigenvalue weighted by Gasteiger charge is -2.16. The van der Waals surface area contributed by atoms with Gasteiger partial charge in [-0.3, -0.25) is 4.79 Å². The predicted molar refractivity (Wildman–Crippen MR) is 140 cm³/mol. The maximum absolute atomic E-state index is 12.7. The third kappa shape index (κ3) is 6.36. The number of thioether (sulfide) groups is 1. The van der Waals surface area contributed by atoms with Crippen LogP contribution in [0.5, 0.6) is 5.75 Å². The van der Waals surface area contributed by atoms with Gasteiger partial charge >= 0.3 is 5.97 Å². The van der Waals surface area contributed by atoms with Crippen LogP contribution in [0.1, 0.15) is 59.1 Å². The van der Waals surface area contributed by atoms with Gasteiger partial charge in [0, 0.05) is 11.4 Å². The Balaban J connectivity index is 1.69. The summed E-state index contributed by atoms with van der Waals surface area (Å²) in [6.07, 6.45) is -0.394. The molecule has 1 aromatic carbocycles. The second-order valence-corrected chi connectivity index (χ2v) is 10.4. The van der Waals surface area contributed by atoms with Crippen molar-refractivity contribution in [2.75, 3.05) is 17.7 Å². The van der Waals surface area contributed by atoms with Crippen molar-refractivity contribution in [3.05, 3.63) is 50.6 Å². The quantitative estimate of drug-likeness (QED) is 0.251. The van der Waals surface area contributed by atoms with Crippen molar-refractivity contribution in [3.63, 3.8) is 0 Å². The molecule has 1 atom stereocenters. The molecule has 3 rings (SSSR count). The maximum atomic E-state index is 12.7. The number of esters is 1. The molecule has 3 aromatic rings. The molecule has 2 aromatic heterocycles. The normalized spacial score (nSPS) is 11.9. The molecule has 11 heteroatoms. The van der Waals surface area contributed by atoms with Crippen LogP contribution in [0.2, 0.25) is 5.02 Å². The topological polar surface area (TPSA) is 95.3 Å². The van der Waals surface area contributed by atoms with Crippen LogP contribution in [-0.4, -0.2) is 39.0 Å². The Kier molecular flexibility index (Phi) is 9.21. The zero-order valence-electron chi connectivity index (χ0n) is 20.6. The highest BCUT2D eigenvalue weighted by Crippen LogP contribution is 2.34. The number of nitrogens with one attached hydrogen (secondary N) is 1. The Morgan fingerprint density at radius 3 is 2.66 bits per heavy atom. The van der Waals surface area contributed by atoms with Gasteiger partial charge in [-0.1, -0.05) is 29.4 Å². The number of thiophene rings is 1. The van der Waals surface area contributed by atoms with Crippen LogP contribution in [0, 0.1) is 20.8 Å². The van der Waals surface area contributed by atoms with Crippen molar-refractivity contribution in [2.24, 2.45) is 0 Å². The summed E-state index contributed by atoms with van der Waals surface area (Å²) in [4.78, 5) is 26.0. The van der Waals surface area contributed by atoms with Gasteiger partial charge < -0.3 is 19.4 Å². The first-order valence-electron chi connectivity index (χ1n) is 11.2. The van der Waals surface area contributed by atoms with Gasteiger partial charge in [0.05, 0.1) is 22.9 Å². The molecular formula is C24H29ClN4O4S2. The highest BCUT2D eigenvalue weighted by molar-refractivity contribution is 7.99. The molecule has 0 saturated carbocycles. The zero-order chi connectivity index (χ0) is 25.7. The van der Waals surface area contributed by atoms with Crippen molar-refractivity contribution in [2.45, 2.75) is 59.3 Å². The number of hydrogen-bond donors (Lipinski definition) is 1. The number of carbonyl (C=O) groups excluding carboxylic acids is 2. The molecule has 2 heterocycles. The summed E-state index contributed by atoms with van der Waals surface area (Å²) in [6.45, 7) is 12.2. The van der Waals surface area contributed by atoms with E-state index in [1.165, 1.54) is 23.1 Å². The average Bonchev–Trinajstić information content (AvgIpc) is 3.35. The second-order valence-electron chi connectivity index (χ2n) is 7.82. The van der Waals surface area contributed by atoms with Gasteiger partial charge in [-0.25, -0.2) is 4.79 Å². The van der Waals surface area contributed by atoms with E-state index in [9.17, 15) is 9.59 Å². The van der Waals surface area contributed by atoms with Crippen LogP contribution >= 0.6 is 34.7 Å². The fourth-order valence-corrected chi connectivity index (χ4v) is 5.44. The Labute approximate surface area is 218 Å². The summed E-state index contributed by atoms with van der Waals surface area (Å²) >= 11 is 8.90. The third-order valence-corrected chi connectivity index (χ3v) is 7.67. The SMILES string of the molecule is CCOC(=O)c1c(NC(=O)CSc2nnc(C(C)Oc3cc(C)ccc3Cl)n2CC)sc(C)c1C. The Bertz CT molecular complexity index is 1220. The van der Waals surface area contributed by atoms with Crippen molar-refractivity contribution >= 4 is 51.6 Å². The van der Waals surface area contributed by atoms with E-state index >= 15 is 0 Å². The number of ether oxygens (including phenoxy) is 2. The first kappa shape index (κ1) is 27.0. The van der Waals surface area contributed by atoms with Gasteiger partial charge in [0.25, 0.3) is 0 Å². The van der Waals surface area contributed by atoms with Crippen LogP contribution in [0.4, 0.5) is 5.00 Å². The number of halogens is 1. The Hall–Kier alpha value is -2.56. The van der Waals surface area contributed by atoms with Crippen LogP contribution in [0.15, 0.2) is 23.4 Å². The fourth-order valence-electron chi connectivity index (χ4n) is 3.41. The molecule has 1 unspecified atom stereocenters. The van der Waals surface area contributed by atoms with Crippen LogP contribution in [0.3, 0.4) is 0 Å². The summed E-state index contributed by atoms with van der Waals surface area (Å²) in [5, 5.41) is 13.1. The molecule has 0 aliphatic heterocycles. The number of nitrogens with zero attached hydrogens (tertiary/aromatic N) is 3. The van der Waals surface area contributed by atoms with E-state index in [1.54, 1.807) is 13.0 Å². The van der Waals surface area contributed by atoms with Gasteiger partial charge in [0.15, 0.2) is 17.1 Å². The minimum Gasteiger partial charge on any atom is -0.481 e. The number of amides is 1. The Morgan fingerprint density at radius 2 is 1.97 bits per heavy atom. The highest BCUT2D eigenvalue weighted by atomic mass is 35.5. The molecule has 188 valence electrons. The van der Waals surface area contributed by atoms with Crippen LogP contribution in [0.25, 0.3) is 0 Å². The van der Waals surface area contributed by atoms with E-state index < -0.39 is 12.1 Å². The van der Waals surface area contributed by atoms with E-state index in [0.717, 1.165) is 16.0 Å². The first-order chi connectivity index (χ1) is 16.7. The first-order valence-corrected chi connectivity index (χ1v) is 13.4. The summed E-state index contributed by atoms with van der Waals surface area (Å²) in [6, 6.07) is 5.60. The Morgan fingerprint density at radius 1 is 1.23 bits per heavy atom. The summed E-state index contributed by atoms with van der Waals surface area (Å²) < 4.78 is 13.1. The minimum absolute atomic E-state index is 0.106. The van der Waals surface area contributed by atoms with Crippen LogP contribution in [-0.2, 0) is 16.1 Å². The number of carbonyl (C=O) groups is 2. The molecule has 0 saturated heterocycles. The highest BCUT2D eigenvalue weighted by Gasteiger charge is 2.23. The molecule has 0 aliphatic rings. The molecule has 0 fully saturated rings. The second kappa shape index (κ2) is 11.9. The van der Waals surface area contributed by atoms with Crippen molar-refractivity contribution < 1.29 is 19.1 Å². The van der Waals surface area contributed by atoms with E-state index in [1.807, 2.05) is 51.3 Å². The standard InChI is InChI=1S/C24H29ClN4O4S2/c1-7-29-21(15(5)33-18-11-13(3)9-10-17(18)25)27-28-24(29)34-12-19(30)26-22-20(23(31)32-8-2)14(4)16(6)35-22/h9-11,15H,7-8,12H2,1-6H3,(H,26,30). The average molecular weight is 537 g/mol. The fraction of sp³-hybridized carbons (Fsp3) is 0.417. The van der Waals surface area contributed by atoms with Gasteiger partial charge in [0.2, 0.25) is 5.91 Å². The summed E-state index contributed by atoms with van der Waals surface area (Å²) in [7, 11) is 0. The largest absolute Gasteiger partial charge is 0.481 e. The predicted octanol–water partition coefficient (Wildman–Crippen LogP) is 5.99. The summed E-state index contributed by atoms with van der Waals surface area (Å²) in [5.74, 6) is 0.648. The van der Waals surface area contributed by atoms with Crippen molar-refractivity contribution in [1.82, 2.24) is 14.8 Å². The molecule has 0 spiro atoms. The summed E-state index contributed by atoms with van der Waals surface area (Å²) in [5.41, 5.74) is 2.26. The number of anilines is 1. The monoisotopic (exact) mass is 536 g/mol. The van der Waals surface area contributed by atoms with E-state index in [-0.39, 0.29) is 18.3 Å². The van der Waals surface area contributed by atoms with Gasteiger partial charge in [0.1, 0.15) is 10.8 Å². The lowest BCUT2D eigenvalue weighted by atomic mass is 10.1. The number of benzene rings is 1. The van der Waals surface area contributed by atoms with E-state index in [4.69, 9.17) is 21.1 Å². The van der Waals surface area contributed by atoms with Gasteiger partial charge in [-0.2, -0.15) is 0 Å². The third-order valence-electron chi connectivity index (χ3n) is 5.27. The number of aryl methyl sites for hydroxylation is 2. The van der Waals surface area contributed by atoms with Gasteiger partial charge in [-0.05, 0) is 64.8 Å². The van der Waals surface area contributed by atoms with E-state index in [2.05, 4.69) is 15.5 Å². The van der Waals surface area contributed by atoms with Crippen molar-refractivity contribution in [3.8, 4) is 5.75 Å². The lowest BCUT2D eigenvalue weighted by Crippen LogP contribution is -2.17. The lowest BCUT2D eigenvalue weighted by molar-refractivity contribution is -0.113. The molecule has 8 nitrogen and oxygen atoms in total. The molecule has 1 amide bonds. The number of rotatable bonds is 10. The molecule has 0 radical (unpaired) electrons. The zero-order valence-corrected chi connectivity index (χ0v) is 23.0. The molecule has 35 heavy (non-hydrogen) atoms. The molecule has 1 N–H and O–H groups in total. The van der Waals surface area contributed by atoms with Crippen molar-refractivity contribution in [1.29, 1.82) is 0 Å². The van der Waals surface area contributed by atoms with Crippen LogP contribution < -0.4 is 10.1 Å². The molecule has 0 aliphatic carbocycles. The number of hydrogen-bond acceptors (Lipinski definition) is 8. The maximum Gasteiger partial charge on any atom is 0.341 e. The minimum atomic E-state index is -0.435. The molecule has 0 bridgehead atoms. The van der Waals surface area contributed by atoms with Gasteiger partial charge in [-0.15, -0.1) is 21.5 Å². The number of aromatic nitrogens is 3. The molecular weight excluding hydrogens is 508 g/mol.